The maximum Gasteiger partial charge on any atom is 0.283 e. The van der Waals surface area contributed by atoms with Gasteiger partial charge in [-0.15, -0.1) is 0 Å². The number of oxazole rings is 1. The lowest BCUT2D eigenvalue weighted by Crippen LogP contribution is -2.22. The zero-order valence-corrected chi connectivity index (χ0v) is 21.3. The molecule has 0 spiro atoms. The molecule has 0 fully saturated rings. The average Bonchev–Trinajstić information content (AvgIpc) is 3.53. The average molecular weight is 505 g/mol. The number of aryl methyl sites for hydroxylation is 2. The molecule has 0 aliphatic carbocycles. The standard InChI is InChI=1S/C30H24N4O2S/c1-19-13-15-23(16-14-19)34-29(35)27-26(24(17-31-27)21-9-5-3-6-10-21)33-30(34)37-18-25-20(2)36-28(32-25)22-11-7-4-8-12-22/h3-17,31H,18H2,1-2H3. The summed E-state index contributed by atoms with van der Waals surface area (Å²) in [6.45, 7) is 3.94. The number of hydrogen-bond donors (Lipinski definition) is 1. The van der Waals surface area contributed by atoms with Crippen molar-refractivity contribution in [1.29, 1.82) is 0 Å². The summed E-state index contributed by atoms with van der Waals surface area (Å²) < 4.78 is 7.63. The van der Waals surface area contributed by atoms with E-state index in [1.807, 2.05) is 105 Å². The fourth-order valence-corrected chi connectivity index (χ4v) is 5.30. The van der Waals surface area contributed by atoms with E-state index in [0.717, 1.165) is 39.4 Å². The van der Waals surface area contributed by atoms with E-state index in [1.165, 1.54) is 11.8 Å². The molecule has 182 valence electrons. The van der Waals surface area contributed by atoms with Crippen LogP contribution in [-0.2, 0) is 5.75 Å². The van der Waals surface area contributed by atoms with Gasteiger partial charge in [0.25, 0.3) is 5.56 Å². The summed E-state index contributed by atoms with van der Waals surface area (Å²) in [5.74, 6) is 1.85. The number of hydrogen-bond acceptors (Lipinski definition) is 5. The number of fused-ring (bicyclic) bond motifs is 1. The van der Waals surface area contributed by atoms with Crippen molar-refractivity contribution in [3.05, 3.63) is 118 Å². The van der Waals surface area contributed by atoms with E-state index >= 15 is 0 Å². The smallest absolute Gasteiger partial charge is 0.283 e. The Morgan fingerprint density at radius 2 is 1.54 bits per heavy atom. The molecule has 6 rings (SSSR count). The molecule has 37 heavy (non-hydrogen) atoms. The third-order valence-corrected chi connectivity index (χ3v) is 7.25. The minimum absolute atomic E-state index is 0.139. The van der Waals surface area contributed by atoms with Crippen LogP contribution in [0.25, 0.3) is 39.3 Å². The maximum absolute atomic E-state index is 13.8. The van der Waals surface area contributed by atoms with E-state index in [-0.39, 0.29) is 5.56 Å². The molecule has 0 bridgehead atoms. The quantitative estimate of drug-likeness (QED) is 0.196. The second-order valence-electron chi connectivity index (χ2n) is 8.84. The molecule has 3 aromatic heterocycles. The normalized spacial score (nSPS) is 11.3. The number of thioether (sulfide) groups is 1. The molecule has 0 aliphatic rings. The van der Waals surface area contributed by atoms with Gasteiger partial charge in [0.1, 0.15) is 16.8 Å². The zero-order valence-electron chi connectivity index (χ0n) is 20.4. The van der Waals surface area contributed by atoms with Gasteiger partial charge in [-0.3, -0.25) is 9.36 Å². The lowest BCUT2D eigenvalue weighted by molar-refractivity contribution is 0.540. The Balaban J connectivity index is 1.45. The molecule has 6 aromatic rings. The SMILES string of the molecule is Cc1ccc(-n2c(SCc3nc(-c4ccccc4)oc3C)nc3c(-c4ccccc4)c[nH]c3c2=O)cc1. The number of H-pyrrole nitrogens is 1. The Morgan fingerprint density at radius 1 is 0.865 bits per heavy atom. The van der Waals surface area contributed by atoms with Gasteiger partial charge in [-0.25, -0.2) is 9.97 Å². The van der Waals surface area contributed by atoms with Crippen molar-refractivity contribution in [2.24, 2.45) is 0 Å². The highest BCUT2D eigenvalue weighted by Crippen LogP contribution is 2.31. The number of nitrogens with zero attached hydrogens (tertiary/aromatic N) is 3. The van der Waals surface area contributed by atoms with Gasteiger partial charge in [-0.1, -0.05) is 78.0 Å². The molecule has 1 N–H and O–H groups in total. The fourth-order valence-electron chi connectivity index (χ4n) is 4.29. The Bertz CT molecular complexity index is 1750. The molecular weight excluding hydrogens is 480 g/mol. The van der Waals surface area contributed by atoms with Gasteiger partial charge in [0.15, 0.2) is 5.16 Å². The number of benzene rings is 3. The van der Waals surface area contributed by atoms with Crippen LogP contribution in [0, 0.1) is 13.8 Å². The fraction of sp³-hybridized carbons (Fsp3) is 0.100. The predicted octanol–water partition coefficient (Wildman–Crippen LogP) is 6.94. The van der Waals surface area contributed by atoms with Crippen molar-refractivity contribution in [2.45, 2.75) is 24.8 Å². The van der Waals surface area contributed by atoms with Crippen molar-refractivity contribution in [3.63, 3.8) is 0 Å². The highest BCUT2D eigenvalue weighted by molar-refractivity contribution is 7.98. The molecule has 7 heteroatoms. The van der Waals surface area contributed by atoms with Crippen molar-refractivity contribution >= 4 is 22.8 Å². The Morgan fingerprint density at radius 3 is 2.24 bits per heavy atom. The lowest BCUT2D eigenvalue weighted by atomic mass is 10.1. The van der Waals surface area contributed by atoms with Gasteiger partial charge < -0.3 is 9.40 Å². The van der Waals surface area contributed by atoms with Gasteiger partial charge in [0.05, 0.1) is 11.4 Å². The molecule has 3 aromatic carbocycles. The first-order valence-electron chi connectivity index (χ1n) is 12.0. The number of nitrogens with one attached hydrogen (secondary N) is 1. The predicted molar refractivity (Wildman–Crippen MR) is 148 cm³/mol. The van der Waals surface area contributed by atoms with Crippen LogP contribution < -0.4 is 5.56 Å². The highest BCUT2D eigenvalue weighted by Gasteiger charge is 2.19. The summed E-state index contributed by atoms with van der Waals surface area (Å²) in [7, 11) is 0. The molecule has 0 saturated heterocycles. The summed E-state index contributed by atoms with van der Waals surface area (Å²) in [5.41, 5.74) is 6.54. The van der Waals surface area contributed by atoms with Crippen LogP contribution in [0.15, 0.2) is 105 Å². The van der Waals surface area contributed by atoms with E-state index < -0.39 is 0 Å². The summed E-state index contributed by atoms with van der Waals surface area (Å²) in [5, 5.41) is 0.599. The van der Waals surface area contributed by atoms with Crippen molar-refractivity contribution in [3.8, 4) is 28.3 Å². The highest BCUT2D eigenvalue weighted by atomic mass is 32.2. The Labute approximate surface area is 218 Å². The first-order chi connectivity index (χ1) is 18.1. The molecule has 6 nitrogen and oxygen atoms in total. The topological polar surface area (TPSA) is 76.7 Å². The summed E-state index contributed by atoms with van der Waals surface area (Å²) in [4.78, 5) is 26.7. The van der Waals surface area contributed by atoms with Crippen LogP contribution in [0.4, 0.5) is 0 Å². The van der Waals surface area contributed by atoms with Crippen LogP contribution >= 0.6 is 11.8 Å². The molecular formula is C30H24N4O2S. The van der Waals surface area contributed by atoms with Gasteiger partial charge in [-0.05, 0) is 43.7 Å². The minimum atomic E-state index is -0.139. The third kappa shape index (κ3) is 4.38. The molecule has 0 radical (unpaired) electrons. The lowest BCUT2D eigenvalue weighted by Gasteiger charge is -2.12. The van der Waals surface area contributed by atoms with E-state index in [9.17, 15) is 4.79 Å². The Kier molecular flexibility index (Phi) is 5.98. The number of aromatic amines is 1. The van der Waals surface area contributed by atoms with Gasteiger partial charge in [-0.2, -0.15) is 0 Å². The first kappa shape index (κ1) is 23.1. The molecule has 0 amide bonds. The van der Waals surface area contributed by atoms with Crippen molar-refractivity contribution in [2.75, 3.05) is 0 Å². The van der Waals surface area contributed by atoms with E-state index in [2.05, 4.69) is 4.98 Å². The Hall–Kier alpha value is -4.36. The monoisotopic (exact) mass is 504 g/mol. The van der Waals surface area contributed by atoms with E-state index in [1.54, 1.807) is 4.57 Å². The van der Waals surface area contributed by atoms with Gasteiger partial charge in [0, 0.05) is 23.1 Å². The molecule has 0 saturated carbocycles. The van der Waals surface area contributed by atoms with Gasteiger partial charge in [0.2, 0.25) is 5.89 Å². The van der Waals surface area contributed by atoms with Crippen LogP contribution in [0.2, 0.25) is 0 Å². The maximum atomic E-state index is 13.8. The van der Waals surface area contributed by atoms with Crippen molar-refractivity contribution < 1.29 is 4.42 Å². The summed E-state index contributed by atoms with van der Waals surface area (Å²) >= 11 is 1.47. The minimum Gasteiger partial charge on any atom is -0.441 e. The molecule has 0 aliphatic heterocycles. The van der Waals surface area contributed by atoms with E-state index in [4.69, 9.17) is 14.4 Å². The first-order valence-corrected chi connectivity index (χ1v) is 13.0. The van der Waals surface area contributed by atoms with E-state index in [0.29, 0.717) is 27.8 Å². The third-order valence-electron chi connectivity index (χ3n) is 6.30. The molecule has 0 unspecified atom stereocenters. The molecule has 3 heterocycles. The molecule has 0 atom stereocenters. The van der Waals surface area contributed by atoms with Crippen molar-refractivity contribution in [1.82, 2.24) is 19.5 Å². The number of rotatable bonds is 6. The second-order valence-corrected chi connectivity index (χ2v) is 9.78. The van der Waals surface area contributed by atoms with Crippen LogP contribution in [-0.4, -0.2) is 19.5 Å². The summed E-state index contributed by atoms with van der Waals surface area (Å²) in [6.07, 6.45) is 1.86. The largest absolute Gasteiger partial charge is 0.441 e. The summed E-state index contributed by atoms with van der Waals surface area (Å²) in [6, 6.07) is 27.7. The van der Waals surface area contributed by atoms with Gasteiger partial charge >= 0.3 is 0 Å². The zero-order chi connectivity index (χ0) is 25.4. The second kappa shape index (κ2) is 9.59. The van der Waals surface area contributed by atoms with Crippen LogP contribution in [0.3, 0.4) is 0 Å². The number of aromatic nitrogens is 4. The van der Waals surface area contributed by atoms with Crippen LogP contribution in [0.1, 0.15) is 17.0 Å². The van der Waals surface area contributed by atoms with Crippen LogP contribution in [0.5, 0.6) is 0 Å².